The molecule has 0 N–H and O–H groups in total. The fraction of sp³-hybridized carbons (Fsp3) is 0.650. The fourth-order valence-electron chi connectivity index (χ4n) is 2.57. The first-order chi connectivity index (χ1) is 10.4. The molecule has 0 aromatic rings. The second-order valence-corrected chi connectivity index (χ2v) is 6.69. The fourth-order valence-corrected chi connectivity index (χ4v) is 2.57. The van der Waals surface area contributed by atoms with E-state index in [4.69, 9.17) is 4.74 Å². The molecule has 2 heteroatoms. The van der Waals surface area contributed by atoms with E-state index in [1.54, 1.807) is 0 Å². The van der Waals surface area contributed by atoms with Crippen LogP contribution in [-0.4, -0.2) is 12.6 Å². The zero-order valence-corrected chi connectivity index (χ0v) is 14.8. The zero-order chi connectivity index (χ0) is 16.5. The summed E-state index contributed by atoms with van der Waals surface area (Å²) >= 11 is 0. The molecule has 0 saturated carbocycles. The van der Waals surface area contributed by atoms with Crippen LogP contribution in [0.4, 0.5) is 0 Å². The van der Waals surface area contributed by atoms with Crippen LogP contribution >= 0.6 is 0 Å². The molecule has 1 aliphatic carbocycles. The van der Waals surface area contributed by atoms with Gasteiger partial charge < -0.3 is 4.74 Å². The first kappa shape index (κ1) is 18.7. The minimum atomic E-state index is -0.105. The molecule has 2 atom stereocenters. The quantitative estimate of drug-likeness (QED) is 0.488. The Morgan fingerprint density at radius 1 is 1.32 bits per heavy atom. The van der Waals surface area contributed by atoms with Crippen molar-refractivity contribution in [1.82, 2.24) is 0 Å². The highest BCUT2D eigenvalue weighted by Gasteiger charge is 2.17. The normalized spacial score (nSPS) is 26.1. The highest BCUT2D eigenvalue weighted by Crippen LogP contribution is 2.26. The summed E-state index contributed by atoms with van der Waals surface area (Å²) in [4.78, 5) is 11.8. The largest absolute Gasteiger partial charge is 0.461 e. The van der Waals surface area contributed by atoms with E-state index in [0.717, 1.165) is 44.1 Å². The summed E-state index contributed by atoms with van der Waals surface area (Å²) in [5, 5.41) is 0. The number of allylic oxidation sites excluding steroid dienone is 4. The predicted molar refractivity (Wildman–Crippen MR) is 93.6 cm³/mol. The molecule has 0 fully saturated rings. The Balaban J connectivity index is 2.60. The molecule has 0 heterocycles. The molecule has 2 nitrogen and oxygen atoms in total. The van der Waals surface area contributed by atoms with Crippen LogP contribution in [0.15, 0.2) is 35.5 Å². The minimum Gasteiger partial charge on any atom is -0.461 e. The van der Waals surface area contributed by atoms with Crippen LogP contribution in [0.5, 0.6) is 0 Å². The lowest BCUT2D eigenvalue weighted by Gasteiger charge is -2.20. The Bertz CT molecular complexity index is 443. The molecule has 0 aromatic heterocycles. The van der Waals surface area contributed by atoms with Crippen molar-refractivity contribution in [1.29, 1.82) is 0 Å². The molecule has 1 rings (SSSR count). The predicted octanol–water partition coefficient (Wildman–Crippen LogP) is 5.60. The monoisotopic (exact) mass is 304 g/mol. The van der Waals surface area contributed by atoms with Crippen molar-refractivity contribution in [3.05, 3.63) is 35.5 Å². The first-order valence-electron chi connectivity index (χ1n) is 8.59. The Morgan fingerprint density at radius 2 is 2.00 bits per heavy atom. The third-order valence-electron chi connectivity index (χ3n) is 4.66. The maximum absolute atomic E-state index is 11.8. The van der Waals surface area contributed by atoms with Crippen LogP contribution in [0.2, 0.25) is 0 Å². The van der Waals surface area contributed by atoms with Crippen molar-refractivity contribution in [3.63, 3.8) is 0 Å². The summed E-state index contributed by atoms with van der Waals surface area (Å²) in [5.74, 6) is 0.275. The lowest BCUT2D eigenvalue weighted by Crippen LogP contribution is -2.18. The minimum absolute atomic E-state index is 0.0239. The van der Waals surface area contributed by atoms with Gasteiger partial charge in [-0.1, -0.05) is 43.7 Å². The van der Waals surface area contributed by atoms with Gasteiger partial charge >= 0.3 is 5.97 Å². The molecule has 22 heavy (non-hydrogen) atoms. The maximum atomic E-state index is 11.8. The van der Waals surface area contributed by atoms with E-state index in [0.29, 0.717) is 12.5 Å². The lowest BCUT2D eigenvalue weighted by molar-refractivity contribution is -0.147. The summed E-state index contributed by atoms with van der Waals surface area (Å²) in [5.41, 5.74) is 3.96. The number of esters is 1. The Morgan fingerprint density at radius 3 is 2.68 bits per heavy atom. The van der Waals surface area contributed by atoms with Crippen molar-refractivity contribution in [2.75, 3.05) is 6.61 Å². The van der Waals surface area contributed by atoms with Crippen molar-refractivity contribution in [3.8, 4) is 0 Å². The van der Waals surface area contributed by atoms with Gasteiger partial charge in [0.25, 0.3) is 0 Å². The lowest BCUT2D eigenvalue weighted by atomic mass is 9.88. The molecule has 124 valence electrons. The molecule has 0 radical (unpaired) electrons. The number of ether oxygens (including phenoxy) is 1. The Kier molecular flexibility index (Phi) is 8.22. The van der Waals surface area contributed by atoms with Crippen LogP contribution in [0.25, 0.3) is 0 Å². The second-order valence-electron chi connectivity index (χ2n) is 6.69. The third kappa shape index (κ3) is 6.64. The summed E-state index contributed by atoms with van der Waals surface area (Å²) in [6.07, 6.45) is 11.0. The summed E-state index contributed by atoms with van der Waals surface area (Å²) in [7, 11) is 0. The third-order valence-corrected chi connectivity index (χ3v) is 4.66. The van der Waals surface area contributed by atoms with E-state index >= 15 is 0 Å². The molecular weight excluding hydrogens is 272 g/mol. The van der Waals surface area contributed by atoms with E-state index in [2.05, 4.69) is 32.6 Å². The molecule has 0 unspecified atom stereocenters. The summed E-state index contributed by atoms with van der Waals surface area (Å²) in [6.45, 7) is 12.9. The molecule has 0 aliphatic heterocycles. The highest BCUT2D eigenvalue weighted by molar-refractivity contribution is 5.72. The molecule has 0 bridgehead atoms. The van der Waals surface area contributed by atoms with Gasteiger partial charge in [-0.25, -0.2) is 0 Å². The molecule has 0 saturated heterocycles. The van der Waals surface area contributed by atoms with Gasteiger partial charge in [0.15, 0.2) is 0 Å². The van der Waals surface area contributed by atoms with Crippen molar-refractivity contribution in [2.45, 2.75) is 66.2 Å². The van der Waals surface area contributed by atoms with Crippen LogP contribution in [0, 0.1) is 11.8 Å². The maximum Gasteiger partial charge on any atom is 0.308 e. The summed E-state index contributed by atoms with van der Waals surface area (Å²) in [6, 6.07) is 0. The van der Waals surface area contributed by atoms with Crippen LogP contribution in [0.1, 0.15) is 66.2 Å². The molecule has 1 aliphatic rings. The second kappa shape index (κ2) is 9.66. The van der Waals surface area contributed by atoms with Crippen molar-refractivity contribution < 1.29 is 9.53 Å². The van der Waals surface area contributed by atoms with E-state index in [9.17, 15) is 4.79 Å². The standard InChI is InChI=1S/C20H32O2/c1-6-17(4)20(21)22-14-18(5)19-12-10-15(2)8-7-9-16(3)11-13-19/h8,11,17,19H,5-7,9-10,12-14H2,1-4H3/b15-8+,16-11+/t17-,19-/m1/s1. The van der Waals surface area contributed by atoms with E-state index in [-0.39, 0.29) is 11.9 Å². The van der Waals surface area contributed by atoms with Gasteiger partial charge in [-0.2, -0.15) is 0 Å². The Labute approximate surface area is 136 Å². The van der Waals surface area contributed by atoms with Crippen LogP contribution in [-0.2, 0) is 9.53 Å². The van der Waals surface area contributed by atoms with Gasteiger partial charge in [0, 0.05) is 0 Å². The van der Waals surface area contributed by atoms with Crippen molar-refractivity contribution in [2.24, 2.45) is 11.8 Å². The van der Waals surface area contributed by atoms with Crippen LogP contribution in [0.3, 0.4) is 0 Å². The van der Waals surface area contributed by atoms with Crippen LogP contribution < -0.4 is 0 Å². The van der Waals surface area contributed by atoms with Gasteiger partial charge in [-0.3, -0.25) is 4.79 Å². The van der Waals surface area contributed by atoms with Crippen molar-refractivity contribution >= 4 is 5.97 Å². The number of carbonyl (C=O) groups is 1. The number of carbonyl (C=O) groups excluding carboxylic acids is 1. The van der Waals surface area contributed by atoms with Gasteiger partial charge in [0.05, 0.1) is 5.92 Å². The topological polar surface area (TPSA) is 26.3 Å². The smallest absolute Gasteiger partial charge is 0.308 e. The number of hydrogen-bond donors (Lipinski definition) is 0. The van der Waals surface area contributed by atoms with Gasteiger partial charge in [-0.05, 0) is 63.9 Å². The summed E-state index contributed by atoms with van der Waals surface area (Å²) < 4.78 is 5.42. The number of hydrogen-bond acceptors (Lipinski definition) is 2. The molecule has 0 spiro atoms. The van der Waals surface area contributed by atoms with E-state index < -0.39 is 0 Å². The molecular formula is C20H32O2. The molecule has 0 aromatic carbocycles. The SMILES string of the molecule is C=C(COC(=O)[C@H](C)CC)[C@H]1C/C=C(\C)CC/C=C(\C)CC1. The highest BCUT2D eigenvalue weighted by atomic mass is 16.5. The average Bonchev–Trinajstić information content (AvgIpc) is 2.51. The van der Waals surface area contributed by atoms with Gasteiger partial charge in [0.1, 0.15) is 6.61 Å². The van der Waals surface area contributed by atoms with Gasteiger partial charge in [-0.15, -0.1) is 0 Å². The zero-order valence-electron chi connectivity index (χ0n) is 14.8. The average molecular weight is 304 g/mol. The molecule has 0 amide bonds. The number of rotatable bonds is 5. The van der Waals surface area contributed by atoms with E-state index in [1.165, 1.54) is 11.1 Å². The van der Waals surface area contributed by atoms with Gasteiger partial charge in [0.2, 0.25) is 0 Å². The van der Waals surface area contributed by atoms with E-state index in [1.807, 2.05) is 13.8 Å². The first-order valence-corrected chi connectivity index (χ1v) is 8.59. The Hall–Kier alpha value is -1.31.